The SMILES string of the molecule is CC(=O)SCC=Cc1c(C)cc(F)cc1C. The Morgan fingerprint density at radius 2 is 1.94 bits per heavy atom. The Balaban J connectivity index is 2.77. The highest BCUT2D eigenvalue weighted by Crippen LogP contribution is 2.17. The van der Waals surface area contributed by atoms with Crippen LogP contribution in [0, 0.1) is 19.7 Å². The van der Waals surface area contributed by atoms with E-state index in [4.69, 9.17) is 0 Å². The second kappa shape index (κ2) is 5.85. The van der Waals surface area contributed by atoms with Crippen molar-refractivity contribution in [3.05, 3.63) is 40.7 Å². The number of benzene rings is 1. The first-order chi connectivity index (χ1) is 7.50. The van der Waals surface area contributed by atoms with Gasteiger partial charge in [0, 0.05) is 12.7 Å². The molecule has 0 bridgehead atoms. The van der Waals surface area contributed by atoms with Gasteiger partial charge in [0.05, 0.1) is 0 Å². The van der Waals surface area contributed by atoms with E-state index >= 15 is 0 Å². The van der Waals surface area contributed by atoms with Crippen molar-refractivity contribution in [3.63, 3.8) is 0 Å². The first-order valence-corrected chi connectivity index (χ1v) is 6.06. The lowest BCUT2D eigenvalue weighted by molar-refractivity contribution is -0.109. The first-order valence-electron chi connectivity index (χ1n) is 5.07. The van der Waals surface area contributed by atoms with Gasteiger partial charge < -0.3 is 0 Å². The van der Waals surface area contributed by atoms with Crippen molar-refractivity contribution in [2.45, 2.75) is 20.8 Å². The van der Waals surface area contributed by atoms with Gasteiger partial charge in [-0.1, -0.05) is 23.9 Å². The molecule has 0 atom stereocenters. The van der Waals surface area contributed by atoms with E-state index in [9.17, 15) is 9.18 Å². The van der Waals surface area contributed by atoms with Crippen LogP contribution >= 0.6 is 11.8 Å². The van der Waals surface area contributed by atoms with Crippen molar-refractivity contribution < 1.29 is 9.18 Å². The monoisotopic (exact) mass is 238 g/mol. The van der Waals surface area contributed by atoms with Gasteiger partial charge in [0.1, 0.15) is 5.82 Å². The molecule has 0 fully saturated rings. The zero-order valence-corrected chi connectivity index (χ0v) is 10.5. The minimum absolute atomic E-state index is 0.109. The van der Waals surface area contributed by atoms with Gasteiger partial charge in [0.15, 0.2) is 5.12 Å². The maximum Gasteiger partial charge on any atom is 0.186 e. The summed E-state index contributed by atoms with van der Waals surface area (Å²) in [5.41, 5.74) is 2.87. The molecule has 0 N–H and O–H groups in total. The van der Waals surface area contributed by atoms with Gasteiger partial charge in [-0.05, 0) is 42.7 Å². The van der Waals surface area contributed by atoms with Crippen molar-refractivity contribution >= 4 is 23.0 Å². The molecule has 1 aromatic rings. The molecular formula is C13H15FOS. The Labute approximate surface area is 99.7 Å². The Morgan fingerprint density at radius 1 is 1.38 bits per heavy atom. The lowest BCUT2D eigenvalue weighted by Crippen LogP contribution is -1.89. The maximum atomic E-state index is 13.0. The van der Waals surface area contributed by atoms with E-state index in [0.717, 1.165) is 16.7 Å². The van der Waals surface area contributed by atoms with Crippen LogP contribution < -0.4 is 0 Å². The number of rotatable bonds is 3. The van der Waals surface area contributed by atoms with Gasteiger partial charge in [-0.15, -0.1) is 0 Å². The van der Waals surface area contributed by atoms with Crippen LogP contribution in [-0.2, 0) is 4.79 Å². The molecule has 0 aromatic heterocycles. The molecule has 0 saturated heterocycles. The van der Waals surface area contributed by atoms with Gasteiger partial charge in [0.2, 0.25) is 0 Å². The predicted octanol–water partition coefficient (Wildman–Crippen LogP) is 3.74. The average molecular weight is 238 g/mol. The summed E-state index contributed by atoms with van der Waals surface area (Å²) < 4.78 is 13.0. The highest BCUT2D eigenvalue weighted by atomic mass is 32.2. The van der Waals surface area contributed by atoms with Crippen LogP contribution in [0.25, 0.3) is 6.08 Å². The molecule has 0 aliphatic heterocycles. The van der Waals surface area contributed by atoms with E-state index in [1.165, 1.54) is 23.9 Å². The molecule has 1 rings (SSSR count). The van der Waals surface area contributed by atoms with Crippen molar-refractivity contribution in [1.82, 2.24) is 0 Å². The van der Waals surface area contributed by atoms with Crippen LogP contribution in [0.2, 0.25) is 0 Å². The van der Waals surface area contributed by atoms with Crippen molar-refractivity contribution in [2.75, 3.05) is 5.75 Å². The van der Waals surface area contributed by atoms with Crippen LogP contribution in [0.1, 0.15) is 23.6 Å². The number of thioether (sulfide) groups is 1. The van der Waals surface area contributed by atoms with Crippen LogP contribution in [0.5, 0.6) is 0 Å². The van der Waals surface area contributed by atoms with Gasteiger partial charge in [-0.2, -0.15) is 0 Å². The minimum atomic E-state index is -0.203. The zero-order valence-electron chi connectivity index (χ0n) is 9.71. The summed E-state index contributed by atoms with van der Waals surface area (Å²) in [7, 11) is 0. The largest absolute Gasteiger partial charge is 0.288 e. The molecule has 86 valence electrons. The molecule has 0 amide bonds. The smallest absolute Gasteiger partial charge is 0.186 e. The molecule has 0 spiro atoms. The molecule has 3 heteroatoms. The lowest BCUT2D eigenvalue weighted by Gasteiger charge is -2.05. The summed E-state index contributed by atoms with van der Waals surface area (Å²) >= 11 is 1.27. The van der Waals surface area contributed by atoms with Crippen molar-refractivity contribution in [3.8, 4) is 0 Å². The third-order valence-electron chi connectivity index (χ3n) is 2.23. The average Bonchev–Trinajstić information content (AvgIpc) is 2.14. The summed E-state index contributed by atoms with van der Waals surface area (Å²) in [6.07, 6.45) is 3.87. The summed E-state index contributed by atoms with van der Waals surface area (Å²) in [4.78, 5) is 10.7. The van der Waals surface area contributed by atoms with E-state index in [0.29, 0.717) is 5.75 Å². The normalized spacial score (nSPS) is 11.0. The van der Waals surface area contributed by atoms with E-state index in [1.54, 1.807) is 6.92 Å². The highest BCUT2D eigenvalue weighted by molar-refractivity contribution is 8.13. The zero-order chi connectivity index (χ0) is 12.1. The van der Waals surface area contributed by atoms with Gasteiger partial charge in [-0.25, -0.2) is 4.39 Å². The topological polar surface area (TPSA) is 17.1 Å². The number of carbonyl (C=O) groups excluding carboxylic acids is 1. The number of aryl methyl sites for hydroxylation is 2. The standard InChI is InChI=1S/C13H15FOS/c1-9-7-12(14)8-10(2)13(9)5-4-6-16-11(3)15/h4-5,7-8H,6H2,1-3H3. The van der Waals surface area contributed by atoms with E-state index in [2.05, 4.69) is 0 Å². The molecule has 0 radical (unpaired) electrons. The van der Waals surface area contributed by atoms with Crippen molar-refractivity contribution in [2.24, 2.45) is 0 Å². The third kappa shape index (κ3) is 3.81. The second-order valence-electron chi connectivity index (χ2n) is 3.66. The number of carbonyl (C=O) groups is 1. The number of hydrogen-bond acceptors (Lipinski definition) is 2. The predicted molar refractivity (Wildman–Crippen MR) is 68.0 cm³/mol. The minimum Gasteiger partial charge on any atom is -0.288 e. The Morgan fingerprint density at radius 3 is 2.44 bits per heavy atom. The Hall–Kier alpha value is -1.09. The van der Waals surface area contributed by atoms with Crippen LogP contribution in [0.3, 0.4) is 0 Å². The molecule has 0 aliphatic rings. The van der Waals surface area contributed by atoms with Crippen LogP contribution in [0.15, 0.2) is 18.2 Å². The third-order valence-corrected chi connectivity index (χ3v) is 2.99. The van der Waals surface area contributed by atoms with Gasteiger partial charge in [-0.3, -0.25) is 4.79 Å². The van der Waals surface area contributed by atoms with E-state index in [1.807, 2.05) is 26.0 Å². The first kappa shape index (κ1) is 13.0. The fourth-order valence-corrected chi connectivity index (χ4v) is 1.94. The van der Waals surface area contributed by atoms with Gasteiger partial charge >= 0.3 is 0 Å². The molecule has 16 heavy (non-hydrogen) atoms. The molecule has 0 heterocycles. The number of hydrogen-bond donors (Lipinski definition) is 0. The summed E-state index contributed by atoms with van der Waals surface area (Å²) in [6, 6.07) is 3.04. The molecular weight excluding hydrogens is 223 g/mol. The summed E-state index contributed by atoms with van der Waals surface area (Å²) in [5.74, 6) is 0.455. The number of halogens is 1. The highest BCUT2D eigenvalue weighted by Gasteiger charge is 2.01. The Bertz CT molecular complexity index is 401. The summed E-state index contributed by atoms with van der Waals surface area (Å²) in [6.45, 7) is 5.31. The Kier molecular flexibility index (Phi) is 4.74. The molecule has 0 aliphatic carbocycles. The maximum absolute atomic E-state index is 13.0. The van der Waals surface area contributed by atoms with Crippen LogP contribution in [0.4, 0.5) is 4.39 Å². The van der Waals surface area contributed by atoms with Gasteiger partial charge in [0.25, 0.3) is 0 Å². The van der Waals surface area contributed by atoms with Crippen molar-refractivity contribution in [1.29, 1.82) is 0 Å². The molecule has 0 saturated carbocycles. The fraction of sp³-hybridized carbons (Fsp3) is 0.308. The fourth-order valence-electron chi connectivity index (χ4n) is 1.52. The second-order valence-corrected chi connectivity index (χ2v) is 4.86. The quantitative estimate of drug-likeness (QED) is 0.798. The molecule has 0 unspecified atom stereocenters. The molecule has 1 nitrogen and oxygen atoms in total. The van der Waals surface area contributed by atoms with E-state index in [-0.39, 0.29) is 10.9 Å². The summed E-state index contributed by atoms with van der Waals surface area (Å²) in [5, 5.41) is 0.109. The van der Waals surface area contributed by atoms with E-state index < -0.39 is 0 Å². The molecule has 1 aromatic carbocycles. The lowest BCUT2D eigenvalue weighted by atomic mass is 10.0. The van der Waals surface area contributed by atoms with Crippen LogP contribution in [-0.4, -0.2) is 10.9 Å².